The lowest BCUT2D eigenvalue weighted by atomic mass is 9.72. The third kappa shape index (κ3) is 4.29. The first-order valence-corrected chi connectivity index (χ1v) is 10.6. The van der Waals surface area contributed by atoms with Crippen molar-refractivity contribution in [2.24, 2.45) is 11.3 Å². The van der Waals surface area contributed by atoms with Crippen LogP contribution in [0.3, 0.4) is 0 Å². The van der Waals surface area contributed by atoms with Crippen molar-refractivity contribution in [1.82, 2.24) is 0 Å². The highest BCUT2D eigenvalue weighted by molar-refractivity contribution is 5.90. The van der Waals surface area contributed by atoms with Crippen molar-refractivity contribution >= 4 is 23.1 Å². The molecule has 2 aromatic carbocycles. The second-order valence-electron chi connectivity index (χ2n) is 8.73. The fourth-order valence-electron chi connectivity index (χ4n) is 4.40. The number of Topliss-reactive ketones (excluding diaryl/α,β-unsaturated/α-hetero) is 1. The van der Waals surface area contributed by atoms with Crippen molar-refractivity contribution < 1.29 is 19.1 Å². The van der Waals surface area contributed by atoms with Gasteiger partial charge in [-0.3, -0.25) is 9.59 Å². The van der Waals surface area contributed by atoms with Crippen molar-refractivity contribution in [2.45, 2.75) is 40.2 Å². The number of ketones is 1. The number of para-hydroxylation sites is 2. The van der Waals surface area contributed by atoms with E-state index in [1.807, 2.05) is 43.3 Å². The van der Waals surface area contributed by atoms with Crippen molar-refractivity contribution in [3.8, 4) is 11.5 Å². The molecule has 0 aromatic heterocycles. The molecule has 6 nitrogen and oxygen atoms in total. The summed E-state index contributed by atoms with van der Waals surface area (Å²) in [4.78, 5) is 24.8. The van der Waals surface area contributed by atoms with Crippen LogP contribution < -0.4 is 20.1 Å². The van der Waals surface area contributed by atoms with Gasteiger partial charge in [0.25, 0.3) is 0 Å². The summed E-state index contributed by atoms with van der Waals surface area (Å²) in [5.74, 6) is 0.264. The van der Waals surface area contributed by atoms with Gasteiger partial charge >= 0.3 is 5.97 Å². The number of hydrogen-bond donors (Lipinski definition) is 2. The Morgan fingerprint density at radius 3 is 2.58 bits per heavy atom. The van der Waals surface area contributed by atoms with E-state index in [1.165, 1.54) is 6.92 Å². The van der Waals surface area contributed by atoms with E-state index >= 15 is 0 Å². The van der Waals surface area contributed by atoms with E-state index in [0.717, 1.165) is 22.6 Å². The number of benzene rings is 2. The molecule has 4 rings (SSSR count). The summed E-state index contributed by atoms with van der Waals surface area (Å²) in [5.41, 5.74) is 3.45. The Morgan fingerprint density at radius 1 is 1.13 bits per heavy atom. The molecule has 0 radical (unpaired) electrons. The van der Waals surface area contributed by atoms with E-state index in [0.29, 0.717) is 24.5 Å². The number of hydrogen-bond acceptors (Lipinski definition) is 6. The van der Waals surface area contributed by atoms with Gasteiger partial charge in [0.15, 0.2) is 11.5 Å². The largest absolute Gasteiger partial charge is 0.490 e. The number of anilines is 2. The summed E-state index contributed by atoms with van der Waals surface area (Å²) in [7, 11) is 0. The van der Waals surface area contributed by atoms with Gasteiger partial charge in [0, 0.05) is 19.0 Å². The molecule has 6 heteroatoms. The minimum Gasteiger partial charge on any atom is -0.490 e. The van der Waals surface area contributed by atoms with E-state index in [9.17, 15) is 9.59 Å². The molecule has 0 spiro atoms. The highest BCUT2D eigenvalue weighted by Crippen LogP contribution is 2.46. The SMILES string of the molecule is CCOc1cc(C2Nc3ccccc3NC3=CC(C)(C)CC(=O)C32)ccc1OC(C)=O. The Kier molecular flexibility index (Phi) is 5.48. The topological polar surface area (TPSA) is 76.7 Å². The van der Waals surface area contributed by atoms with Crippen LogP contribution in [-0.4, -0.2) is 18.4 Å². The molecular formula is C25H28N2O4. The highest BCUT2D eigenvalue weighted by Gasteiger charge is 2.41. The molecular weight excluding hydrogens is 392 g/mol. The first-order chi connectivity index (χ1) is 14.8. The lowest BCUT2D eigenvalue weighted by molar-refractivity contribution is -0.132. The van der Waals surface area contributed by atoms with Gasteiger partial charge in [-0.15, -0.1) is 0 Å². The molecule has 2 aliphatic rings. The normalized spacial score (nSPS) is 21.4. The zero-order chi connectivity index (χ0) is 22.2. The molecule has 1 heterocycles. The van der Waals surface area contributed by atoms with Gasteiger partial charge in [-0.25, -0.2) is 0 Å². The standard InChI is InChI=1S/C25H28N2O4/c1-5-30-22-12-16(10-11-21(22)31-15(2)28)24-23-19(13-25(3,4)14-20(23)29)26-17-8-6-7-9-18(17)27-24/h6-13,23-24,26-27H,5,14H2,1-4H3. The molecule has 0 saturated carbocycles. The fourth-order valence-corrected chi connectivity index (χ4v) is 4.40. The zero-order valence-corrected chi connectivity index (χ0v) is 18.3. The van der Waals surface area contributed by atoms with Crippen molar-refractivity contribution in [1.29, 1.82) is 0 Å². The molecule has 2 unspecified atom stereocenters. The van der Waals surface area contributed by atoms with Crippen LogP contribution in [0, 0.1) is 11.3 Å². The predicted molar refractivity (Wildman–Crippen MR) is 120 cm³/mol. The Balaban J connectivity index is 1.83. The van der Waals surface area contributed by atoms with Crippen molar-refractivity contribution in [2.75, 3.05) is 17.2 Å². The maximum atomic E-state index is 13.3. The van der Waals surface area contributed by atoms with Gasteiger partial charge in [-0.2, -0.15) is 0 Å². The van der Waals surface area contributed by atoms with Gasteiger partial charge in [0.1, 0.15) is 5.78 Å². The molecule has 0 fully saturated rings. The van der Waals surface area contributed by atoms with E-state index in [4.69, 9.17) is 9.47 Å². The van der Waals surface area contributed by atoms with E-state index in [2.05, 4.69) is 30.6 Å². The molecule has 0 amide bonds. The Morgan fingerprint density at radius 2 is 1.87 bits per heavy atom. The fraction of sp³-hybridized carbons (Fsp3) is 0.360. The number of esters is 1. The molecule has 2 N–H and O–H groups in total. The minimum absolute atomic E-state index is 0.183. The van der Waals surface area contributed by atoms with Crippen LogP contribution in [0.25, 0.3) is 0 Å². The summed E-state index contributed by atoms with van der Waals surface area (Å²) in [5, 5.41) is 7.08. The molecule has 1 aliphatic heterocycles. The Hall–Kier alpha value is -3.28. The lowest BCUT2D eigenvalue weighted by Gasteiger charge is -2.35. The van der Waals surface area contributed by atoms with Gasteiger partial charge in [0.2, 0.25) is 0 Å². The number of rotatable bonds is 4. The Labute approximate surface area is 182 Å². The van der Waals surface area contributed by atoms with Crippen LogP contribution in [0.15, 0.2) is 54.2 Å². The van der Waals surface area contributed by atoms with Crippen LogP contribution in [0.1, 0.15) is 45.7 Å². The van der Waals surface area contributed by atoms with Crippen LogP contribution in [0.4, 0.5) is 11.4 Å². The number of ether oxygens (including phenoxy) is 2. The maximum absolute atomic E-state index is 13.3. The van der Waals surface area contributed by atoms with E-state index in [1.54, 1.807) is 6.07 Å². The lowest BCUT2D eigenvalue weighted by Crippen LogP contribution is -2.36. The molecule has 1 aliphatic carbocycles. The maximum Gasteiger partial charge on any atom is 0.308 e. The monoisotopic (exact) mass is 420 g/mol. The molecule has 31 heavy (non-hydrogen) atoms. The Bertz CT molecular complexity index is 1060. The summed E-state index contributed by atoms with van der Waals surface area (Å²) >= 11 is 0. The van der Waals surface area contributed by atoms with Crippen molar-refractivity contribution in [3.05, 3.63) is 59.8 Å². The highest BCUT2D eigenvalue weighted by atomic mass is 16.6. The summed E-state index contributed by atoms with van der Waals surface area (Å²) in [6, 6.07) is 13.1. The first-order valence-electron chi connectivity index (χ1n) is 10.6. The zero-order valence-electron chi connectivity index (χ0n) is 18.3. The van der Waals surface area contributed by atoms with E-state index < -0.39 is 5.97 Å². The molecule has 0 bridgehead atoms. The van der Waals surface area contributed by atoms with E-state index in [-0.39, 0.29) is 23.2 Å². The second-order valence-corrected chi connectivity index (χ2v) is 8.73. The number of fused-ring (bicyclic) bond motifs is 2. The number of nitrogens with one attached hydrogen (secondary N) is 2. The molecule has 2 aromatic rings. The van der Waals surface area contributed by atoms with Crippen LogP contribution >= 0.6 is 0 Å². The van der Waals surface area contributed by atoms with Gasteiger partial charge in [-0.05, 0) is 42.2 Å². The van der Waals surface area contributed by atoms with Gasteiger partial charge in [-0.1, -0.05) is 38.1 Å². The third-order valence-corrected chi connectivity index (χ3v) is 5.59. The van der Waals surface area contributed by atoms with Crippen LogP contribution in [0.2, 0.25) is 0 Å². The molecule has 0 saturated heterocycles. The number of carbonyl (C=O) groups is 2. The quantitative estimate of drug-likeness (QED) is 0.530. The van der Waals surface area contributed by atoms with Gasteiger partial charge in [0.05, 0.1) is 29.9 Å². The van der Waals surface area contributed by atoms with Gasteiger partial charge < -0.3 is 20.1 Å². The first kappa shape index (κ1) is 21.0. The van der Waals surface area contributed by atoms with Crippen LogP contribution in [0.5, 0.6) is 11.5 Å². The molecule has 2 atom stereocenters. The van der Waals surface area contributed by atoms with Crippen LogP contribution in [-0.2, 0) is 9.59 Å². The summed E-state index contributed by atoms with van der Waals surface area (Å²) < 4.78 is 11.0. The molecule has 162 valence electrons. The van der Waals surface area contributed by atoms with Crippen molar-refractivity contribution in [3.63, 3.8) is 0 Å². The average Bonchev–Trinajstić information content (AvgIpc) is 2.84. The average molecular weight is 421 g/mol. The summed E-state index contributed by atoms with van der Waals surface area (Å²) in [6.07, 6.45) is 2.65. The number of allylic oxidation sites excluding steroid dienone is 1. The smallest absolute Gasteiger partial charge is 0.308 e. The minimum atomic E-state index is -0.408. The third-order valence-electron chi connectivity index (χ3n) is 5.59. The predicted octanol–water partition coefficient (Wildman–Crippen LogP) is 5.09. The number of carbonyl (C=O) groups excluding carboxylic acids is 2. The summed E-state index contributed by atoms with van der Waals surface area (Å²) in [6.45, 7) is 7.83. The second kappa shape index (κ2) is 8.10.